The van der Waals surface area contributed by atoms with Crippen LogP contribution in [0.15, 0.2) is 73.1 Å². The Morgan fingerprint density at radius 2 is 1.49 bits per heavy atom. The standard InChI is InChI=1S/C51H62N12O8S/c1-29-14-19-42(72-29)31-17-15-30(16-18-31)40-28-63(61-60-40)34-24-41-50(70)58-38(23-33-26-55-36-12-6-5-11-35(33)36)48(68)57-37(47(53)67)13-7-8-22-54-44(65)20-21-45(66)56-39(25-43(52)64)49(69)59-46(51(71)62(41)27-34)32-9-3-2-4-10-32/h5-6,11-12,14-19,26,28,32,34,37-39,41,46,55H,2-4,7-10,13,20-25,27H2,1H3,(H2,52,64)(H2,53,67)(H,54,65)(H,56,66)(H,57,68)(H,58,70)(H,59,69)/t34-,37-,38-,39-,41-,46-/m0/s1. The third kappa shape index (κ3) is 12.5. The van der Waals surface area contributed by atoms with Gasteiger partial charge in [-0.25, -0.2) is 4.68 Å². The number of rotatable bonds is 9. The lowest BCUT2D eigenvalue weighted by atomic mass is 9.83. The molecule has 380 valence electrons. The van der Waals surface area contributed by atoms with Crippen LogP contribution < -0.4 is 38.1 Å². The molecule has 5 aromatic rings. The Hall–Kier alpha value is -7.42. The van der Waals surface area contributed by atoms with E-state index in [1.165, 1.54) is 9.78 Å². The Morgan fingerprint density at radius 3 is 2.22 bits per heavy atom. The summed E-state index contributed by atoms with van der Waals surface area (Å²) in [5.41, 5.74) is 15.3. The van der Waals surface area contributed by atoms with Crippen LogP contribution in [0.2, 0.25) is 0 Å². The topological polar surface area (TPSA) is 298 Å². The van der Waals surface area contributed by atoms with Crippen molar-refractivity contribution in [3.05, 3.63) is 83.5 Å². The summed E-state index contributed by atoms with van der Waals surface area (Å²) in [4.78, 5) is 117. The normalized spacial score (nSPS) is 23.9. The van der Waals surface area contributed by atoms with E-state index in [9.17, 15) is 28.8 Å². The van der Waals surface area contributed by atoms with Gasteiger partial charge < -0.3 is 47.9 Å². The lowest BCUT2D eigenvalue weighted by Gasteiger charge is -2.35. The number of thiophene rings is 1. The van der Waals surface area contributed by atoms with Gasteiger partial charge >= 0.3 is 0 Å². The van der Waals surface area contributed by atoms with Gasteiger partial charge in [-0.15, -0.1) is 16.4 Å². The first-order chi connectivity index (χ1) is 34.7. The zero-order chi connectivity index (χ0) is 50.9. The van der Waals surface area contributed by atoms with Crippen LogP contribution in [0.3, 0.4) is 0 Å². The molecule has 2 saturated heterocycles. The smallest absolute Gasteiger partial charge is 0.246 e. The third-order valence-corrected chi connectivity index (χ3v) is 15.0. The van der Waals surface area contributed by atoms with Crippen molar-refractivity contribution < 1.29 is 38.4 Å². The van der Waals surface area contributed by atoms with Crippen LogP contribution in [-0.2, 0) is 44.8 Å². The molecule has 8 amide bonds. The maximum Gasteiger partial charge on any atom is 0.246 e. The van der Waals surface area contributed by atoms with Crippen LogP contribution in [0.1, 0.15) is 93.5 Å². The Labute approximate surface area is 420 Å². The SMILES string of the molecule is Cc1ccc(-c2ccc(-c3cn([C@H]4C[C@H]5C(=O)N[C@@H](Cc6c[nH]c7ccccc67)C(=O)N[C@H](C(N)=O)CCCCNC(=O)CCC(=O)N[C@@H](CC(N)=O)C(=O)N[C@@H](C6CCCCC6)C(=O)N5C4)nn3)cc2)s1. The molecule has 10 N–H and O–H groups in total. The fourth-order valence-electron chi connectivity index (χ4n) is 10.0. The van der Waals surface area contributed by atoms with Crippen molar-refractivity contribution >= 4 is 69.5 Å². The van der Waals surface area contributed by atoms with Crippen molar-refractivity contribution in [3.8, 4) is 21.7 Å². The molecule has 0 unspecified atom stereocenters. The summed E-state index contributed by atoms with van der Waals surface area (Å²) in [7, 11) is 0. The van der Waals surface area contributed by atoms with E-state index in [1.54, 1.807) is 28.4 Å². The fourth-order valence-corrected chi connectivity index (χ4v) is 10.9. The molecule has 1 saturated carbocycles. The average molecular weight is 1000 g/mol. The molecule has 3 aromatic heterocycles. The molecule has 3 aliphatic rings. The van der Waals surface area contributed by atoms with Crippen molar-refractivity contribution in [2.24, 2.45) is 17.4 Å². The van der Waals surface area contributed by atoms with Gasteiger partial charge in [0.25, 0.3) is 0 Å². The minimum atomic E-state index is -1.47. The van der Waals surface area contributed by atoms with E-state index in [2.05, 4.69) is 60.9 Å². The number of carbonyl (C=O) groups excluding carboxylic acids is 8. The van der Waals surface area contributed by atoms with E-state index in [1.807, 2.05) is 48.5 Å². The minimum Gasteiger partial charge on any atom is -0.370 e. The highest BCUT2D eigenvalue weighted by Crippen LogP contribution is 2.34. The number of fused-ring (bicyclic) bond motifs is 2. The van der Waals surface area contributed by atoms with E-state index < -0.39 is 89.9 Å². The molecule has 5 heterocycles. The number of nitrogens with zero attached hydrogens (tertiary/aromatic N) is 4. The second-order valence-corrected chi connectivity index (χ2v) is 20.4. The van der Waals surface area contributed by atoms with E-state index in [0.717, 1.165) is 46.2 Å². The number of hydrogen-bond acceptors (Lipinski definition) is 11. The largest absolute Gasteiger partial charge is 0.370 e. The average Bonchev–Trinajstić information content (AvgIpc) is 4.21. The zero-order valence-electron chi connectivity index (χ0n) is 40.2. The van der Waals surface area contributed by atoms with Gasteiger partial charge in [-0.1, -0.05) is 66.9 Å². The lowest BCUT2D eigenvalue weighted by molar-refractivity contribution is -0.144. The first kappa shape index (κ1) is 51.0. The number of primary amides is 2. The lowest BCUT2D eigenvalue weighted by Crippen LogP contribution is -2.60. The highest BCUT2D eigenvalue weighted by molar-refractivity contribution is 7.15. The second kappa shape index (κ2) is 23.2. The highest BCUT2D eigenvalue weighted by Gasteiger charge is 2.46. The number of aryl methyl sites for hydroxylation is 1. The van der Waals surface area contributed by atoms with Crippen molar-refractivity contribution in [2.75, 3.05) is 13.1 Å². The van der Waals surface area contributed by atoms with Gasteiger partial charge in [-0.05, 0) is 74.3 Å². The predicted molar refractivity (Wildman–Crippen MR) is 268 cm³/mol. The van der Waals surface area contributed by atoms with Gasteiger partial charge in [0, 0.05) is 71.2 Å². The molecule has 3 fully saturated rings. The molecule has 21 heteroatoms. The summed E-state index contributed by atoms with van der Waals surface area (Å²) >= 11 is 1.70. The van der Waals surface area contributed by atoms with E-state index in [-0.39, 0.29) is 51.1 Å². The van der Waals surface area contributed by atoms with Crippen LogP contribution in [0.4, 0.5) is 0 Å². The molecule has 72 heavy (non-hydrogen) atoms. The van der Waals surface area contributed by atoms with Crippen molar-refractivity contribution in [3.63, 3.8) is 0 Å². The number of nitrogens with one attached hydrogen (secondary N) is 6. The Bertz CT molecular complexity index is 2800. The molecule has 0 spiro atoms. The maximum atomic E-state index is 15.4. The number of hydrogen-bond donors (Lipinski definition) is 8. The van der Waals surface area contributed by atoms with Gasteiger partial charge in [-0.2, -0.15) is 0 Å². The minimum absolute atomic E-state index is 0.00571. The quantitative estimate of drug-likeness (QED) is 0.107. The fraction of sp³-hybridized carbons (Fsp3) is 0.451. The molecule has 6 atom stereocenters. The molecule has 20 nitrogen and oxygen atoms in total. The number of amides is 8. The number of aromatic nitrogens is 4. The first-order valence-electron chi connectivity index (χ1n) is 24.7. The molecular formula is C51H62N12O8S. The van der Waals surface area contributed by atoms with E-state index >= 15 is 9.59 Å². The Morgan fingerprint density at radius 1 is 0.764 bits per heavy atom. The van der Waals surface area contributed by atoms with E-state index in [4.69, 9.17) is 11.5 Å². The van der Waals surface area contributed by atoms with Crippen LogP contribution in [0, 0.1) is 12.8 Å². The van der Waals surface area contributed by atoms with Crippen LogP contribution >= 0.6 is 11.3 Å². The summed E-state index contributed by atoms with van der Waals surface area (Å²) in [6.07, 6.45) is 6.91. The molecule has 2 aliphatic heterocycles. The number of carbonyl (C=O) groups is 8. The second-order valence-electron chi connectivity index (χ2n) is 19.1. The molecule has 0 radical (unpaired) electrons. The van der Waals surface area contributed by atoms with Gasteiger partial charge in [-0.3, -0.25) is 38.4 Å². The maximum absolute atomic E-state index is 15.4. The molecule has 1 aliphatic carbocycles. The number of para-hydroxylation sites is 1. The van der Waals surface area contributed by atoms with Gasteiger partial charge in [0.15, 0.2) is 0 Å². The number of aromatic amines is 1. The number of H-pyrrole nitrogens is 1. The summed E-state index contributed by atoms with van der Waals surface area (Å²) < 4.78 is 1.62. The summed E-state index contributed by atoms with van der Waals surface area (Å²) in [5, 5.41) is 23.6. The molecule has 8 rings (SSSR count). The van der Waals surface area contributed by atoms with Crippen LogP contribution in [0.5, 0.6) is 0 Å². The van der Waals surface area contributed by atoms with Crippen molar-refractivity contribution in [1.29, 1.82) is 0 Å². The molecule has 2 aromatic carbocycles. The zero-order valence-corrected chi connectivity index (χ0v) is 41.0. The summed E-state index contributed by atoms with van der Waals surface area (Å²) in [6.45, 7) is 2.21. The Balaban J connectivity index is 1.15. The summed E-state index contributed by atoms with van der Waals surface area (Å²) in [6, 6.07) is 12.7. The van der Waals surface area contributed by atoms with E-state index in [0.29, 0.717) is 36.9 Å². The van der Waals surface area contributed by atoms with Gasteiger partial charge in [0.1, 0.15) is 35.9 Å². The van der Waals surface area contributed by atoms with Gasteiger partial charge in [0.2, 0.25) is 47.3 Å². The first-order valence-corrected chi connectivity index (χ1v) is 25.5. The molecule has 0 bridgehead atoms. The summed E-state index contributed by atoms with van der Waals surface area (Å²) in [5.74, 6) is -5.94. The number of nitrogens with two attached hydrogens (primary N) is 2. The van der Waals surface area contributed by atoms with Crippen molar-refractivity contribution in [1.82, 2.24) is 51.5 Å². The van der Waals surface area contributed by atoms with Crippen LogP contribution in [0.25, 0.3) is 32.6 Å². The molecular weight excluding hydrogens is 941 g/mol. The van der Waals surface area contributed by atoms with Gasteiger partial charge in [0.05, 0.1) is 18.7 Å². The van der Waals surface area contributed by atoms with Crippen LogP contribution in [-0.4, -0.2) is 115 Å². The van der Waals surface area contributed by atoms with Crippen molar-refractivity contribution in [2.45, 2.75) is 127 Å². The predicted octanol–water partition coefficient (Wildman–Crippen LogP) is 2.81. The third-order valence-electron chi connectivity index (χ3n) is 13.9. The number of benzene rings is 2. The Kier molecular flexibility index (Phi) is 16.4. The monoisotopic (exact) mass is 1000 g/mol. The highest BCUT2D eigenvalue weighted by atomic mass is 32.1.